The fraction of sp³-hybridized carbons (Fsp3) is 0.350. The number of para-hydroxylation sites is 1. The first-order valence-electron chi connectivity index (χ1n) is 8.67. The van der Waals surface area contributed by atoms with Gasteiger partial charge < -0.3 is 9.80 Å². The summed E-state index contributed by atoms with van der Waals surface area (Å²) in [6, 6.07) is 12.9. The Labute approximate surface area is 144 Å². The predicted molar refractivity (Wildman–Crippen MR) is 98.4 cm³/mol. The third-order valence-corrected chi connectivity index (χ3v) is 4.91. The van der Waals surface area contributed by atoms with Crippen LogP contribution < -0.4 is 4.90 Å². The van der Waals surface area contributed by atoms with Gasteiger partial charge in [0.15, 0.2) is 0 Å². The van der Waals surface area contributed by atoms with E-state index in [1.54, 1.807) is 0 Å². The minimum absolute atomic E-state index is 0.952. The molecule has 1 aromatic carbocycles. The van der Waals surface area contributed by atoms with Gasteiger partial charge in [-0.2, -0.15) is 0 Å². The Kier molecular flexibility index (Phi) is 3.98. The van der Waals surface area contributed by atoms with Crippen molar-refractivity contribution < 1.29 is 0 Å². The van der Waals surface area contributed by atoms with E-state index in [1.807, 2.05) is 6.20 Å². The molecule has 0 saturated carbocycles. The van der Waals surface area contributed by atoms with Crippen LogP contribution >= 0.6 is 0 Å². The van der Waals surface area contributed by atoms with Crippen molar-refractivity contribution in [2.45, 2.75) is 13.3 Å². The Balaban J connectivity index is 1.77. The quantitative estimate of drug-likeness (QED) is 0.847. The zero-order chi connectivity index (χ0) is 16.5. The fourth-order valence-electron chi connectivity index (χ4n) is 3.51. The highest BCUT2D eigenvalue weighted by Gasteiger charge is 2.27. The molecular formula is C20H24N4. The molecule has 4 nitrogen and oxygen atoms in total. The standard InChI is InChI=1S/C20H24N4/c1-16-14-19-17(15-21-16)8-9-20(23-12-10-22(2)11-13-23)24(19)18-6-4-3-5-7-18/h3-7,9,14-15H,8,10-13H2,1-2H3. The topological polar surface area (TPSA) is 22.6 Å². The minimum atomic E-state index is 0.952. The Morgan fingerprint density at radius 1 is 1.00 bits per heavy atom. The van der Waals surface area contributed by atoms with Gasteiger partial charge in [-0.15, -0.1) is 0 Å². The van der Waals surface area contributed by atoms with E-state index in [0.717, 1.165) is 38.3 Å². The minimum Gasteiger partial charge on any atom is -0.355 e. The van der Waals surface area contributed by atoms with E-state index in [0.29, 0.717) is 0 Å². The van der Waals surface area contributed by atoms with Gasteiger partial charge >= 0.3 is 0 Å². The number of piperazine rings is 1. The second kappa shape index (κ2) is 6.29. The molecule has 4 rings (SSSR count). The van der Waals surface area contributed by atoms with Gasteiger partial charge in [-0.3, -0.25) is 9.88 Å². The molecule has 1 saturated heterocycles. The van der Waals surface area contributed by atoms with Crippen LogP contribution in [-0.2, 0) is 6.42 Å². The monoisotopic (exact) mass is 320 g/mol. The van der Waals surface area contributed by atoms with Crippen LogP contribution in [-0.4, -0.2) is 48.0 Å². The summed E-state index contributed by atoms with van der Waals surface area (Å²) in [6.45, 7) is 6.44. The van der Waals surface area contributed by atoms with Crippen LogP contribution in [0, 0.1) is 6.92 Å². The zero-order valence-corrected chi connectivity index (χ0v) is 14.4. The SMILES string of the molecule is Cc1cc2c(cn1)CC=C(N1CCN(C)CC1)N2c1ccccc1. The largest absolute Gasteiger partial charge is 0.355 e. The fourth-order valence-corrected chi connectivity index (χ4v) is 3.51. The predicted octanol–water partition coefficient (Wildman–Crippen LogP) is 3.17. The van der Waals surface area contributed by atoms with Gasteiger partial charge in [0, 0.05) is 43.8 Å². The molecule has 3 heterocycles. The molecule has 0 bridgehead atoms. The van der Waals surface area contributed by atoms with Crippen molar-refractivity contribution in [2.75, 3.05) is 38.1 Å². The summed E-state index contributed by atoms with van der Waals surface area (Å²) in [5.41, 5.74) is 4.84. The number of benzene rings is 1. The maximum atomic E-state index is 4.49. The lowest BCUT2D eigenvalue weighted by molar-refractivity contribution is 0.184. The summed E-state index contributed by atoms with van der Waals surface area (Å²) in [6.07, 6.45) is 5.34. The second-order valence-electron chi connectivity index (χ2n) is 6.68. The van der Waals surface area contributed by atoms with Gasteiger partial charge in [0.1, 0.15) is 5.82 Å². The van der Waals surface area contributed by atoms with Gasteiger partial charge in [0.05, 0.1) is 5.69 Å². The van der Waals surface area contributed by atoms with Crippen molar-refractivity contribution in [1.29, 1.82) is 0 Å². The molecule has 2 aromatic rings. The Morgan fingerprint density at radius 2 is 1.75 bits per heavy atom. The van der Waals surface area contributed by atoms with Crippen LogP contribution in [0.4, 0.5) is 11.4 Å². The average molecular weight is 320 g/mol. The van der Waals surface area contributed by atoms with E-state index < -0.39 is 0 Å². The molecule has 4 heteroatoms. The zero-order valence-electron chi connectivity index (χ0n) is 14.4. The number of likely N-dealkylation sites (N-methyl/N-ethyl adjacent to an activating group) is 1. The molecule has 2 aliphatic heterocycles. The van der Waals surface area contributed by atoms with Crippen LogP contribution in [0.25, 0.3) is 0 Å². The molecule has 2 aliphatic rings. The molecule has 0 amide bonds. The summed E-state index contributed by atoms with van der Waals surface area (Å²) in [7, 11) is 2.20. The lowest BCUT2D eigenvalue weighted by Crippen LogP contribution is -2.47. The van der Waals surface area contributed by atoms with Crippen molar-refractivity contribution in [3.8, 4) is 0 Å². The van der Waals surface area contributed by atoms with Gasteiger partial charge in [-0.25, -0.2) is 0 Å². The smallest absolute Gasteiger partial charge is 0.109 e. The lowest BCUT2D eigenvalue weighted by atomic mass is 10.0. The third-order valence-electron chi connectivity index (χ3n) is 4.91. The van der Waals surface area contributed by atoms with Crippen LogP contribution in [0.3, 0.4) is 0 Å². The van der Waals surface area contributed by atoms with E-state index in [2.05, 4.69) is 76.1 Å². The van der Waals surface area contributed by atoms with E-state index in [4.69, 9.17) is 0 Å². The van der Waals surface area contributed by atoms with Crippen molar-refractivity contribution in [1.82, 2.24) is 14.8 Å². The number of rotatable bonds is 2. The van der Waals surface area contributed by atoms with E-state index >= 15 is 0 Å². The summed E-state index contributed by atoms with van der Waals surface area (Å²) in [4.78, 5) is 11.8. The molecule has 0 spiro atoms. The molecule has 0 N–H and O–H groups in total. The van der Waals surface area contributed by atoms with Crippen LogP contribution in [0.2, 0.25) is 0 Å². The van der Waals surface area contributed by atoms with Crippen molar-refractivity contribution in [2.24, 2.45) is 0 Å². The number of fused-ring (bicyclic) bond motifs is 1. The Bertz CT molecular complexity index is 745. The van der Waals surface area contributed by atoms with Gasteiger partial charge in [-0.05, 0) is 50.2 Å². The highest BCUT2D eigenvalue weighted by Crippen LogP contribution is 2.37. The van der Waals surface area contributed by atoms with Crippen molar-refractivity contribution in [3.63, 3.8) is 0 Å². The Hall–Kier alpha value is -2.33. The van der Waals surface area contributed by atoms with Gasteiger partial charge in [0.2, 0.25) is 0 Å². The first kappa shape index (κ1) is 15.2. The van der Waals surface area contributed by atoms with Crippen molar-refractivity contribution in [3.05, 3.63) is 65.7 Å². The number of allylic oxidation sites excluding steroid dienone is 1. The molecule has 1 fully saturated rings. The summed E-state index contributed by atoms with van der Waals surface area (Å²) < 4.78 is 0. The summed E-state index contributed by atoms with van der Waals surface area (Å²) in [5.74, 6) is 1.31. The van der Waals surface area contributed by atoms with Gasteiger partial charge in [0.25, 0.3) is 0 Å². The maximum absolute atomic E-state index is 4.49. The normalized spacial score (nSPS) is 18.3. The molecule has 0 unspecified atom stereocenters. The number of hydrogen-bond acceptors (Lipinski definition) is 4. The molecule has 0 aliphatic carbocycles. The maximum Gasteiger partial charge on any atom is 0.109 e. The Morgan fingerprint density at radius 3 is 2.50 bits per heavy atom. The van der Waals surface area contributed by atoms with Gasteiger partial charge in [-0.1, -0.05) is 18.2 Å². The van der Waals surface area contributed by atoms with E-state index in [1.165, 1.54) is 22.8 Å². The van der Waals surface area contributed by atoms with Crippen LogP contribution in [0.15, 0.2) is 54.5 Å². The molecule has 0 radical (unpaired) electrons. The first-order chi connectivity index (χ1) is 11.7. The molecular weight excluding hydrogens is 296 g/mol. The number of aryl methyl sites for hydroxylation is 1. The van der Waals surface area contributed by atoms with E-state index in [-0.39, 0.29) is 0 Å². The summed E-state index contributed by atoms with van der Waals surface area (Å²) >= 11 is 0. The molecule has 24 heavy (non-hydrogen) atoms. The van der Waals surface area contributed by atoms with Crippen LogP contribution in [0.1, 0.15) is 11.3 Å². The average Bonchev–Trinajstić information content (AvgIpc) is 2.62. The number of aromatic nitrogens is 1. The lowest BCUT2D eigenvalue weighted by Gasteiger charge is -2.42. The van der Waals surface area contributed by atoms with Crippen molar-refractivity contribution >= 4 is 11.4 Å². The number of anilines is 2. The summed E-state index contributed by atoms with van der Waals surface area (Å²) in [5, 5.41) is 0. The molecule has 0 atom stereocenters. The molecule has 124 valence electrons. The third kappa shape index (κ3) is 2.78. The molecule has 1 aromatic heterocycles. The van der Waals surface area contributed by atoms with Crippen LogP contribution in [0.5, 0.6) is 0 Å². The second-order valence-corrected chi connectivity index (χ2v) is 6.68. The number of nitrogens with zero attached hydrogens (tertiary/aromatic N) is 4. The first-order valence-corrected chi connectivity index (χ1v) is 8.67. The highest BCUT2D eigenvalue weighted by molar-refractivity contribution is 5.73. The number of hydrogen-bond donors (Lipinski definition) is 0. The number of pyridine rings is 1. The highest BCUT2D eigenvalue weighted by atomic mass is 15.4. The van der Waals surface area contributed by atoms with E-state index in [9.17, 15) is 0 Å².